The molecule has 6 heteroatoms. The predicted molar refractivity (Wildman–Crippen MR) is 77.9 cm³/mol. The van der Waals surface area contributed by atoms with Gasteiger partial charge in [0.05, 0.1) is 11.9 Å². The van der Waals surface area contributed by atoms with Crippen molar-refractivity contribution in [3.8, 4) is 11.5 Å². The molecule has 1 aliphatic rings. The van der Waals surface area contributed by atoms with Crippen LogP contribution in [0.1, 0.15) is 30.1 Å². The van der Waals surface area contributed by atoms with E-state index < -0.39 is 23.7 Å². The third-order valence-corrected chi connectivity index (χ3v) is 3.63. The van der Waals surface area contributed by atoms with E-state index in [1.165, 1.54) is 24.3 Å². The zero-order valence-electron chi connectivity index (χ0n) is 11.7. The van der Waals surface area contributed by atoms with Crippen LogP contribution in [0.15, 0.2) is 41.4 Å². The Balaban J connectivity index is 2.04. The molecule has 1 aliphatic heterocycles. The number of aromatic hydroxyl groups is 2. The van der Waals surface area contributed by atoms with Crippen molar-refractivity contribution in [2.45, 2.75) is 19.0 Å². The van der Waals surface area contributed by atoms with Crippen molar-refractivity contribution in [2.75, 3.05) is 0 Å². The Hall–Kier alpha value is -2.63. The molecule has 0 bridgehead atoms. The number of hydrogen-bond donors (Lipinski definition) is 3. The zero-order chi connectivity index (χ0) is 15.9. The highest BCUT2D eigenvalue weighted by molar-refractivity contribution is 5.82. The van der Waals surface area contributed by atoms with E-state index >= 15 is 0 Å². The van der Waals surface area contributed by atoms with Gasteiger partial charge in [-0.2, -0.15) is 0 Å². The summed E-state index contributed by atoms with van der Waals surface area (Å²) in [6, 6.07) is 6.40. The molecule has 0 unspecified atom stereocenters. The number of hydrogen-bond acceptors (Lipinski definition) is 4. The quantitative estimate of drug-likeness (QED) is 0.798. The first-order chi connectivity index (χ1) is 10.5. The first-order valence-corrected chi connectivity index (χ1v) is 6.73. The average Bonchev–Trinajstić information content (AvgIpc) is 2.80. The van der Waals surface area contributed by atoms with Gasteiger partial charge in [-0.05, 0) is 19.1 Å². The van der Waals surface area contributed by atoms with Gasteiger partial charge in [0.25, 0.3) is 0 Å². The van der Waals surface area contributed by atoms with E-state index in [4.69, 9.17) is 0 Å². The maximum Gasteiger partial charge on any atom is 0.132 e. The number of amidine groups is 1. The first-order valence-electron chi connectivity index (χ1n) is 6.73. The molecule has 2 atom stereocenters. The summed E-state index contributed by atoms with van der Waals surface area (Å²) < 4.78 is 28.2. The molecule has 0 fully saturated rings. The highest BCUT2D eigenvalue weighted by atomic mass is 19.1. The van der Waals surface area contributed by atoms with Gasteiger partial charge in [0.2, 0.25) is 0 Å². The van der Waals surface area contributed by atoms with Crippen molar-refractivity contribution in [1.29, 1.82) is 0 Å². The second-order valence-electron chi connectivity index (χ2n) is 5.19. The molecule has 0 radical (unpaired) electrons. The summed E-state index contributed by atoms with van der Waals surface area (Å²) in [7, 11) is 0. The highest BCUT2D eigenvalue weighted by Gasteiger charge is 2.33. The molecular formula is C16H14F2N2O2. The Kier molecular flexibility index (Phi) is 3.44. The maximum absolute atomic E-state index is 14.1. The molecule has 0 aromatic heterocycles. The Labute approximate surface area is 125 Å². The first kappa shape index (κ1) is 14.3. The Morgan fingerprint density at radius 3 is 2.05 bits per heavy atom. The SMILES string of the molecule is CC1=N[C@H](c2ccc(O)cc2F)[C@H](c2ccc(O)cc2F)N1. The van der Waals surface area contributed by atoms with Crippen LogP contribution in [0.25, 0.3) is 0 Å². The van der Waals surface area contributed by atoms with Crippen LogP contribution in [0.4, 0.5) is 8.78 Å². The van der Waals surface area contributed by atoms with Crippen LogP contribution in [0, 0.1) is 11.6 Å². The normalized spacial score (nSPS) is 20.6. The molecular weight excluding hydrogens is 290 g/mol. The van der Waals surface area contributed by atoms with Gasteiger partial charge in [0.1, 0.15) is 29.2 Å². The lowest BCUT2D eigenvalue weighted by Gasteiger charge is -2.20. The molecule has 0 aliphatic carbocycles. The second-order valence-corrected chi connectivity index (χ2v) is 5.19. The van der Waals surface area contributed by atoms with E-state index in [9.17, 15) is 19.0 Å². The number of nitrogens with zero attached hydrogens (tertiary/aromatic N) is 1. The van der Waals surface area contributed by atoms with Gasteiger partial charge in [0.15, 0.2) is 0 Å². The zero-order valence-corrected chi connectivity index (χ0v) is 11.7. The molecule has 4 nitrogen and oxygen atoms in total. The van der Waals surface area contributed by atoms with Crippen molar-refractivity contribution >= 4 is 5.84 Å². The monoisotopic (exact) mass is 304 g/mol. The fourth-order valence-corrected chi connectivity index (χ4v) is 2.65. The fourth-order valence-electron chi connectivity index (χ4n) is 2.65. The van der Waals surface area contributed by atoms with Gasteiger partial charge >= 0.3 is 0 Å². The van der Waals surface area contributed by atoms with Crippen molar-refractivity contribution in [3.63, 3.8) is 0 Å². The minimum absolute atomic E-state index is 0.177. The summed E-state index contributed by atoms with van der Waals surface area (Å²) in [6.07, 6.45) is 0. The fraction of sp³-hybridized carbons (Fsp3) is 0.188. The van der Waals surface area contributed by atoms with Crippen LogP contribution >= 0.6 is 0 Å². The molecule has 2 aromatic rings. The van der Waals surface area contributed by atoms with E-state index in [1.54, 1.807) is 6.92 Å². The van der Waals surface area contributed by atoms with Gasteiger partial charge in [-0.1, -0.05) is 12.1 Å². The molecule has 114 valence electrons. The maximum atomic E-state index is 14.1. The number of rotatable bonds is 2. The summed E-state index contributed by atoms with van der Waals surface area (Å²) in [6.45, 7) is 1.71. The summed E-state index contributed by atoms with van der Waals surface area (Å²) in [5.74, 6) is -0.986. The van der Waals surface area contributed by atoms with Crippen LogP contribution in [-0.2, 0) is 0 Å². The summed E-state index contributed by atoms with van der Waals surface area (Å²) in [4.78, 5) is 4.33. The van der Waals surface area contributed by atoms with Crippen LogP contribution in [0.2, 0.25) is 0 Å². The smallest absolute Gasteiger partial charge is 0.132 e. The van der Waals surface area contributed by atoms with E-state index in [-0.39, 0.29) is 22.6 Å². The minimum Gasteiger partial charge on any atom is -0.508 e. The molecule has 0 amide bonds. The van der Waals surface area contributed by atoms with Crippen LogP contribution in [0.5, 0.6) is 11.5 Å². The summed E-state index contributed by atoms with van der Waals surface area (Å²) in [5, 5.41) is 21.6. The van der Waals surface area contributed by atoms with E-state index in [0.717, 1.165) is 12.1 Å². The number of benzene rings is 2. The Morgan fingerprint density at radius 2 is 1.50 bits per heavy atom. The topological polar surface area (TPSA) is 64.9 Å². The van der Waals surface area contributed by atoms with Crippen molar-refractivity contribution in [3.05, 3.63) is 59.2 Å². The molecule has 0 saturated carbocycles. The Bertz CT molecular complexity index is 762. The van der Waals surface area contributed by atoms with E-state index in [2.05, 4.69) is 10.3 Å². The molecule has 0 spiro atoms. The predicted octanol–water partition coefficient (Wildman–Crippen LogP) is 3.18. The van der Waals surface area contributed by atoms with Crippen LogP contribution in [-0.4, -0.2) is 16.0 Å². The van der Waals surface area contributed by atoms with Crippen LogP contribution in [0.3, 0.4) is 0 Å². The number of halogens is 2. The molecule has 3 rings (SSSR count). The van der Waals surface area contributed by atoms with Gasteiger partial charge < -0.3 is 15.5 Å². The third-order valence-electron chi connectivity index (χ3n) is 3.63. The number of phenols is 2. The summed E-state index contributed by atoms with van der Waals surface area (Å²) in [5.41, 5.74) is 0.551. The lowest BCUT2D eigenvalue weighted by Crippen LogP contribution is -2.23. The Morgan fingerprint density at radius 1 is 0.955 bits per heavy atom. The third kappa shape index (κ3) is 2.47. The summed E-state index contributed by atoms with van der Waals surface area (Å²) >= 11 is 0. The molecule has 3 N–H and O–H groups in total. The van der Waals surface area contributed by atoms with Crippen molar-refractivity contribution < 1.29 is 19.0 Å². The minimum atomic E-state index is -0.653. The molecule has 22 heavy (non-hydrogen) atoms. The molecule has 1 heterocycles. The lowest BCUT2D eigenvalue weighted by atomic mass is 9.94. The van der Waals surface area contributed by atoms with E-state index in [0.29, 0.717) is 5.84 Å². The standard InChI is InChI=1S/C16H14F2N2O2/c1-8-19-15(11-4-2-9(21)6-13(11)17)16(20-8)12-5-3-10(22)7-14(12)18/h2-7,15-16,21-22H,1H3,(H,19,20)/t15-,16+. The second kappa shape index (κ2) is 5.29. The van der Waals surface area contributed by atoms with Crippen molar-refractivity contribution in [2.24, 2.45) is 4.99 Å². The van der Waals surface area contributed by atoms with Crippen LogP contribution < -0.4 is 5.32 Å². The number of aliphatic imine (C=N–C) groups is 1. The number of nitrogens with one attached hydrogen (secondary N) is 1. The van der Waals surface area contributed by atoms with E-state index in [1.807, 2.05) is 0 Å². The highest BCUT2D eigenvalue weighted by Crippen LogP contribution is 2.39. The molecule has 0 saturated heterocycles. The van der Waals surface area contributed by atoms with Gasteiger partial charge in [-0.25, -0.2) is 8.78 Å². The van der Waals surface area contributed by atoms with Crippen molar-refractivity contribution in [1.82, 2.24) is 5.32 Å². The average molecular weight is 304 g/mol. The number of phenolic OH excluding ortho intramolecular Hbond substituents is 2. The largest absolute Gasteiger partial charge is 0.508 e. The van der Waals surface area contributed by atoms with Gasteiger partial charge in [0, 0.05) is 23.3 Å². The van der Waals surface area contributed by atoms with Gasteiger partial charge in [-0.3, -0.25) is 4.99 Å². The lowest BCUT2D eigenvalue weighted by molar-refractivity contribution is 0.455. The molecule has 2 aromatic carbocycles. The van der Waals surface area contributed by atoms with Gasteiger partial charge in [-0.15, -0.1) is 0 Å².